The summed E-state index contributed by atoms with van der Waals surface area (Å²) in [7, 11) is 2.54. The SMILES string of the molecule is COC(=O)[C@H](N)CSC[C@H](N)C(=O)OC. The highest BCUT2D eigenvalue weighted by molar-refractivity contribution is 7.99. The van der Waals surface area contributed by atoms with Crippen molar-refractivity contribution in [3.05, 3.63) is 0 Å². The molecule has 0 aromatic heterocycles. The van der Waals surface area contributed by atoms with Crippen LogP contribution in [0.2, 0.25) is 0 Å². The minimum absolute atomic E-state index is 0.358. The molecule has 0 aromatic carbocycles. The Bertz CT molecular complexity index is 203. The average molecular weight is 236 g/mol. The number of ether oxygens (including phenoxy) is 2. The van der Waals surface area contributed by atoms with Gasteiger partial charge in [-0.25, -0.2) is 0 Å². The van der Waals surface area contributed by atoms with Crippen LogP contribution in [0.5, 0.6) is 0 Å². The molecule has 0 aliphatic heterocycles. The van der Waals surface area contributed by atoms with Gasteiger partial charge >= 0.3 is 11.9 Å². The molecule has 6 nitrogen and oxygen atoms in total. The minimum atomic E-state index is -0.690. The maximum atomic E-state index is 10.9. The van der Waals surface area contributed by atoms with Crippen molar-refractivity contribution in [3.8, 4) is 0 Å². The molecule has 0 unspecified atom stereocenters. The van der Waals surface area contributed by atoms with Crippen molar-refractivity contribution in [3.63, 3.8) is 0 Å². The lowest BCUT2D eigenvalue weighted by Crippen LogP contribution is -2.37. The van der Waals surface area contributed by atoms with Crippen molar-refractivity contribution in [2.75, 3.05) is 25.7 Å². The number of hydrogen-bond donors (Lipinski definition) is 2. The van der Waals surface area contributed by atoms with Gasteiger partial charge in [-0.3, -0.25) is 9.59 Å². The van der Waals surface area contributed by atoms with Gasteiger partial charge in [0.1, 0.15) is 12.1 Å². The zero-order valence-electron chi connectivity index (χ0n) is 8.76. The van der Waals surface area contributed by atoms with Gasteiger partial charge in [0.05, 0.1) is 14.2 Å². The number of thioether (sulfide) groups is 1. The molecule has 0 saturated heterocycles. The third kappa shape index (κ3) is 5.60. The molecular formula is C8H16N2O4S. The second kappa shape index (κ2) is 7.49. The van der Waals surface area contributed by atoms with Crippen LogP contribution in [0, 0.1) is 0 Å². The number of rotatable bonds is 6. The maximum absolute atomic E-state index is 10.9. The van der Waals surface area contributed by atoms with E-state index in [9.17, 15) is 9.59 Å². The van der Waals surface area contributed by atoms with E-state index < -0.39 is 24.0 Å². The lowest BCUT2D eigenvalue weighted by molar-refractivity contribution is -0.142. The zero-order valence-corrected chi connectivity index (χ0v) is 9.58. The van der Waals surface area contributed by atoms with Crippen molar-refractivity contribution in [1.82, 2.24) is 0 Å². The molecule has 7 heteroatoms. The highest BCUT2D eigenvalue weighted by Gasteiger charge is 2.17. The van der Waals surface area contributed by atoms with E-state index in [-0.39, 0.29) is 0 Å². The molecule has 0 bridgehead atoms. The van der Waals surface area contributed by atoms with Crippen molar-refractivity contribution < 1.29 is 19.1 Å². The molecule has 0 saturated carbocycles. The molecular weight excluding hydrogens is 220 g/mol. The first-order valence-corrected chi connectivity index (χ1v) is 5.43. The summed E-state index contributed by atoms with van der Waals surface area (Å²) in [5.41, 5.74) is 10.9. The Morgan fingerprint density at radius 1 is 1.07 bits per heavy atom. The average Bonchev–Trinajstić information content (AvgIpc) is 2.26. The van der Waals surface area contributed by atoms with Gasteiger partial charge in [0.2, 0.25) is 0 Å². The quantitative estimate of drug-likeness (QED) is 0.553. The molecule has 0 amide bonds. The van der Waals surface area contributed by atoms with Gasteiger partial charge < -0.3 is 20.9 Å². The summed E-state index contributed by atoms with van der Waals surface area (Å²) in [5.74, 6) is -0.238. The molecule has 0 rings (SSSR count). The van der Waals surface area contributed by atoms with Gasteiger partial charge in [-0.1, -0.05) is 0 Å². The lowest BCUT2D eigenvalue weighted by atomic mass is 10.4. The Hall–Kier alpha value is -0.790. The van der Waals surface area contributed by atoms with Crippen LogP contribution < -0.4 is 11.5 Å². The van der Waals surface area contributed by atoms with E-state index in [1.165, 1.54) is 26.0 Å². The third-order valence-electron chi connectivity index (χ3n) is 1.60. The summed E-state index contributed by atoms with van der Waals surface area (Å²) in [6, 6.07) is -1.38. The van der Waals surface area contributed by atoms with Crippen LogP contribution in [0.1, 0.15) is 0 Å². The van der Waals surface area contributed by atoms with Crippen LogP contribution in [0.3, 0.4) is 0 Å². The highest BCUT2D eigenvalue weighted by atomic mass is 32.2. The van der Waals surface area contributed by atoms with Crippen molar-refractivity contribution >= 4 is 23.7 Å². The molecule has 0 fully saturated rings. The Balaban J connectivity index is 3.70. The van der Waals surface area contributed by atoms with E-state index in [2.05, 4.69) is 9.47 Å². The second-order valence-electron chi connectivity index (χ2n) is 2.80. The first-order chi connectivity index (χ1) is 7.02. The van der Waals surface area contributed by atoms with E-state index in [0.717, 1.165) is 0 Å². The zero-order chi connectivity index (χ0) is 11.8. The topological polar surface area (TPSA) is 105 Å². The Kier molecular flexibility index (Phi) is 7.10. The lowest BCUT2D eigenvalue weighted by Gasteiger charge is -2.11. The number of esters is 2. The highest BCUT2D eigenvalue weighted by Crippen LogP contribution is 2.05. The predicted octanol–water partition coefficient (Wildman–Crippen LogP) is -1.28. The predicted molar refractivity (Wildman–Crippen MR) is 57.3 cm³/mol. The first-order valence-electron chi connectivity index (χ1n) is 4.27. The molecule has 0 spiro atoms. The summed E-state index contributed by atoms with van der Waals surface area (Å²) in [6.45, 7) is 0. The Morgan fingerprint density at radius 2 is 1.40 bits per heavy atom. The van der Waals surface area contributed by atoms with E-state index in [0.29, 0.717) is 11.5 Å². The van der Waals surface area contributed by atoms with Crippen molar-refractivity contribution in [1.29, 1.82) is 0 Å². The molecule has 4 N–H and O–H groups in total. The van der Waals surface area contributed by atoms with Crippen LogP contribution in [0.4, 0.5) is 0 Å². The van der Waals surface area contributed by atoms with E-state index in [1.807, 2.05) is 0 Å². The standard InChI is InChI=1S/C8H16N2O4S/c1-13-7(11)5(9)3-15-4-6(10)8(12)14-2/h5-6H,3-4,9-10H2,1-2H3/t5-,6+. The molecule has 2 atom stereocenters. The molecule has 0 radical (unpaired) electrons. The van der Waals surface area contributed by atoms with Gasteiger partial charge in [0.25, 0.3) is 0 Å². The van der Waals surface area contributed by atoms with E-state index in [4.69, 9.17) is 11.5 Å². The second-order valence-corrected chi connectivity index (χ2v) is 3.87. The maximum Gasteiger partial charge on any atom is 0.323 e. The van der Waals surface area contributed by atoms with Crippen LogP contribution >= 0.6 is 11.8 Å². The molecule has 15 heavy (non-hydrogen) atoms. The molecule has 88 valence electrons. The van der Waals surface area contributed by atoms with E-state index >= 15 is 0 Å². The normalized spacial score (nSPS) is 14.1. The Labute approximate surface area is 92.6 Å². The summed E-state index contributed by atoms with van der Waals surface area (Å²) >= 11 is 1.31. The summed E-state index contributed by atoms with van der Waals surface area (Å²) < 4.78 is 8.88. The summed E-state index contributed by atoms with van der Waals surface area (Å²) in [6.07, 6.45) is 0. The van der Waals surface area contributed by atoms with Crippen molar-refractivity contribution in [2.24, 2.45) is 11.5 Å². The third-order valence-corrected chi connectivity index (χ3v) is 2.79. The number of hydrogen-bond acceptors (Lipinski definition) is 7. The van der Waals surface area contributed by atoms with Gasteiger partial charge in [0, 0.05) is 11.5 Å². The number of methoxy groups -OCH3 is 2. The first kappa shape index (κ1) is 14.2. The van der Waals surface area contributed by atoms with Gasteiger partial charge in [-0.15, -0.1) is 0 Å². The largest absolute Gasteiger partial charge is 0.468 e. The van der Waals surface area contributed by atoms with Crippen LogP contribution in [-0.2, 0) is 19.1 Å². The minimum Gasteiger partial charge on any atom is -0.468 e. The van der Waals surface area contributed by atoms with Crippen LogP contribution in [0.25, 0.3) is 0 Å². The van der Waals surface area contributed by atoms with Gasteiger partial charge in [-0.05, 0) is 0 Å². The molecule has 0 aliphatic rings. The fourth-order valence-corrected chi connectivity index (χ4v) is 1.68. The van der Waals surface area contributed by atoms with E-state index in [1.54, 1.807) is 0 Å². The van der Waals surface area contributed by atoms with Crippen LogP contribution in [0.15, 0.2) is 0 Å². The summed E-state index contributed by atoms with van der Waals surface area (Å²) in [5, 5.41) is 0. The van der Waals surface area contributed by atoms with Crippen molar-refractivity contribution in [2.45, 2.75) is 12.1 Å². The molecule has 0 heterocycles. The fourth-order valence-electron chi connectivity index (χ4n) is 0.761. The van der Waals surface area contributed by atoms with Gasteiger partial charge in [0.15, 0.2) is 0 Å². The van der Waals surface area contributed by atoms with Gasteiger partial charge in [-0.2, -0.15) is 11.8 Å². The monoisotopic (exact) mass is 236 g/mol. The smallest absolute Gasteiger partial charge is 0.323 e. The molecule has 0 aliphatic carbocycles. The Morgan fingerprint density at radius 3 is 1.67 bits per heavy atom. The number of carbonyl (C=O) groups is 2. The van der Waals surface area contributed by atoms with Crippen LogP contribution in [-0.4, -0.2) is 49.7 Å². The number of nitrogens with two attached hydrogens (primary N) is 2. The summed E-state index contributed by atoms with van der Waals surface area (Å²) in [4.78, 5) is 21.8. The molecule has 0 aromatic rings. The number of carbonyl (C=O) groups excluding carboxylic acids is 2. The fraction of sp³-hybridized carbons (Fsp3) is 0.750.